The second-order valence-electron chi connectivity index (χ2n) is 7.94. The smallest absolute Gasteiger partial charge is 1.00 e. The summed E-state index contributed by atoms with van der Waals surface area (Å²) >= 11 is -1.78. The van der Waals surface area contributed by atoms with Crippen LogP contribution in [0.1, 0.15) is 40.6 Å². The summed E-state index contributed by atoms with van der Waals surface area (Å²) in [5.41, 5.74) is 12.0. The first-order valence-corrected chi connectivity index (χ1v) is 18.5. The molecular weight excluding hydrogens is 478 g/mol. The Kier molecular flexibility index (Phi) is 5.38. The Morgan fingerprint density at radius 2 is 1.14 bits per heavy atom. The van der Waals surface area contributed by atoms with E-state index in [0.29, 0.717) is 0 Å². The molecule has 4 aliphatic carbocycles. The monoisotopic (exact) mass is 496 g/mol. The van der Waals surface area contributed by atoms with Crippen molar-refractivity contribution >= 4 is 28.7 Å². The van der Waals surface area contributed by atoms with Gasteiger partial charge in [-0.1, -0.05) is 0 Å². The zero-order valence-corrected chi connectivity index (χ0v) is 20.8. The Morgan fingerprint density at radius 3 is 1.57 bits per heavy atom. The third kappa shape index (κ3) is 2.72. The molecule has 0 radical (unpaired) electrons. The van der Waals surface area contributed by atoms with Crippen molar-refractivity contribution in [1.82, 2.24) is 0 Å². The van der Waals surface area contributed by atoms with Crippen molar-refractivity contribution in [2.24, 2.45) is 0 Å². The fraction of sp³-hybridized carbons (Fsp3) is 0.167. The molecule has 0 aromatic heterocycles. The summed E-state index contributed by atoms with van der Waals surface area (Å²) in [7, 11) is 0. The van der Waals surface area contributed by atoms with Gasteiger partial charge in [-0.2, -0.15) is 0 Å². The molecule has 2 unspecified atom stereocenters. The number of benzene rings is 2. The minimum Gasteiger partial charge on any atom is -1.00 e. The van der Waals surface area contributed by atoms with Gasteiger partial charge in [-0.05, 0) is 0 Å². The molecule has 0 heterocycles. The number of hydrogen-bond donors (Lipinski definition) is 0. The molecule has 0 N–H and O–H groups in total. The van der Waals surface area contributed by atoms with E-state index in [-0.39, 0.29) is 30.2 Å². The number of halogens is 2. The maximum atomic E-state index is 2.65. The summed E-state index contributed by atoms with van der Waals surface area (Å²) in [6.45, 7) is 5.18. The van der Waals surface area contributed by atoms with Crippen LogP contribution in [0, 0.1) is 0 Å². The summed E-state index contributed by atoms with van der Waals surface area (Å²) < 4.78 is 1.49. The fourth-order valence-corrected chi connectivity index (χ4v) is 24.1. The topological polar surface area (TPSA) is 0 Å². The number of allylic oxidation sites excluding steroid dienone is 6. The first-order valence-electron chi connectivity index (χ1n) is 9.46. The van der Waals surface area contributed by atoms with E-state index < -0.39 is 20.4 Å². The molecule has 0 amide bonds. The van der Waals surface area contributed by atoms with Crippen LogP contribution in [0.4, 0.5) is 0 Å². The van der Waals surface area contributed by atoms with Crippen LogP contribution in [-0.2, 0) is 20.4 Å². The van der Waals surface area contributed by atoms with E-state index in [4.69, 9.17) is 0 Å². The van der Waals surface area contributed by atoms with E-state index in [1.807, 2.05) is 0 Å². The second-order valence-corrected chi connectivity index (χ2v) is 26.0. The summed E-state index contributed by atoms with van der Waals surface area (Å²) in [4.78, 5) is 0. The van der Waals surface area contributed by atoms with E-state index in [1.165, 1.54) is 22.3 Å². The summed E-state index contributed by atoms with van der Waals surface area (Å²) in [5, 5.41) is 0. The number of rotatable bonds is 2. The minimum absolute atomic E-state index is 0. The van der Waals surface area contributed by atoms with Crippen molar-refractivity contribution in [2.75, 3.05) is 0 Å². The summed E-state index contributed by atoms with van der Waals surface area (Å²) in [6, 6.07) is 14.0. The van der Waals surface area contributed by atoms with Crippen molar-refractivity contribution < 1.29 is 45.2 Å². The zero-order valence-electron chi connectivity index (χ0n) is 15.8. The first-order chi connectivity index (χ1) is 12.7. The molecule has 0 bridgehead atoms. The molecule has 2 aromatic rings. The first kappa shape index (κ1) is 20.4. The van der Waals surface area contributed by atoms with Crippen molar-refractivity contribution in [3.05, 3.63) is 94.1 Å². The molecule has 0 saturated carbocycles. The minimum atomic E-state index is -1.78. The molecule has 0 aliphatic heterocycles. The molecule has 2 atom stereocenters. The van der Waals surface area contributed by atoms with Crippen LogP contribution in [0.2, 0.25) is 13.1 Å². The van der Waals surface area contributed by atoms with Gasteiger partial charge in [0, 0.05) is 0 Å². The van der Waals surface area contributed by atoms with Gasteiger partial charge in [0.05, 0.1) is 0 Å². The predicted octanol–water partition coefficient (Wildman–Crippen LogP) is 0.194. The quantitative estimate of drug-likeness (QED) is 0.519. The molecular formula is C24H20Cl2SiZr. The standard InChI is InChI=1S/2C11H7.C2H6Si.2ClH.Zr/c2*1-2-8-4-6-10-7-5-9(3-1)11(8)10;1-3-2;;;/h2*1-7H;1-2H3;2*1H;/q;;;;;+2/p-2. The van der Waals surface area contributed by atoms with Crippen LogP contribution in [0.5, 0.6) is 0 Å². The van der Waals surface area contributed by atoms with Crippen LogP contribution in [-0.4, -0.2) is 5.43 Å². The molecule has 4 aliphatic rings. The van der Waals surface area contributed by atoms with E-state index in [2.05, 4.69) is 85.9 Å². The Balaban J connectivity index is 0.000000961. The van der Waals surface area contributed by atoms with Crippen molar-refractivity contribution in [3.8, 4) is 0 Å². The van der Waals surface area contributed by atoms with Gasteiger partial charge in [-0.3, -0.25) is 0 Å². The molecule has 4 heteroatoms. The predicted molar refractivity (Wildman–Crippen MR) is 110 cm³/mol. The van der Waals surface area contributed by atoms with E-state index >= 15 is 0 Å². The van der Waals surface area contributed by atoms with Crippen LogP contribution in [0.25, 0.3) is 23.3 Å². The van der Waals surface area contributed by atoms with Gasteiger partial charge in [-0.15, -0.1) is 0 Å². The molecule has 0 fully saturated rings. The summed E-state index contributed by atoms with van der Waals surface area (Å²) in [5.74, 6) is 0. The van der Waals surface area contributed by atoms with Gasteiger partial charge in [-0.25, -0.2) is 0 Å². The van der Waals surface area contributed by atoms with Gasteiger partial charge in [0.25, 0.3) is 0 Å². The van der Waals surface area contributed by atoms with E-state index in [0.717, 1.165) is 7.25 Å². The molecule has 138 valence electrons. The molecule has 0 spiro atoms. The molecule has 2 aromatic carbocycles. The molecule has 0 saturated heterocycles. The Morgan fingerprint density at radius 1 is 0.679 bits per heavy atom. The Bertz CT molecular complexity index is 1080. The molecule has 6 rings (SSSR count). The van der Waals surface area contributed by atoms with Gasteiger partial charge in [0.2, 0.25) is 0 Å². The second kappa shape index (κ2) is 7.40. The largest absolute Gasteiger partial charge is 1.00 e. The van der Waals surface area contributed by atoms with Crippen molar-refractivity contribution in [2.45, 2.75) is 20.3 Å². The van der Waals surface area contributed by atoms with Gasteiger partial charge in [0.1, 0.15) is 0 Å². The third-order valence-electron chi connectivity index (χ3n) is 6.33. The van der Waals surface area contributed by atoms with Gasteiger partial charge in [0.15, 0.2) is 0 Å². The average Bonchev–Trinajstić information content (AvgIpc) is 3.39. The fourth-order valence-electron chi connectivity index (χ4n) is 5.31. The Labute approximate surface area is 187 Å². The van der Waals surface area contributed by atoms with E-state index in [1.54, 1.807) is 22.3 Å². The van der Waals surface area contributed by atoms with Crippen LogP contribution < -0.4 is 24.8 Å². The zero-order chi connectivity index (χ0) is 17.4. The maximum absolute atomic E-state index is 2.65. The van der Waals surface area contributed by atoms with E-state index in [9.17, 15) is 0 Å². The normalized spacial score (nSPS) is 20.5. The van der Waals surface area contributed by atoms with Crippen LogP contribution in [0.15, 0.2) is 60.7 Å². The maximum Gasteiger partial charge on any atom is -1.00 e. The van der Waals surface area contributed by atoms with Crippen molar-refractivity contribution in [3.63, 3.8) is 0 Å². The van der Waals surface area contributed by atoms with Crippen LogP contribution >= 0.6 is 0 Å². The summed E-state index contributed by atoms with van der Waals surface area (Å²) in [6.07, 6.45) is 14.6. The molecule has 28 heavy (non-hydrogen) atoms. The molecule has 0 nitrogen and oxygen atoms in total. The van der Waals surface area contributed by atoms with Crippen molar-refractivity contribution in [1.29, 1.82) is 0 Å². The van der Waals surface area contributed by atoms with Crippen LogP contribution in [0.3, 0.4) is 0 Å². The average molecular weight is 499 g/mol. The number of hydrogen-bond acceptors (Lipinski definition) is 0. The van der Waals surface area contributed by atoms with Gasteiger partial charge < -0.3 is 24.8 Å². The van der Waals surface area contributed by atoms with Gasteiger partial charge >= 0.3 is 164 Å². The SMILES string of the molecule is C[Si](C)=[Zr+2]([CH]1C=C2C=Cc3cccc1c32)[CH]1C=C2C=Cc3cccc1c32.[Cl-].[Cl-]. The third-order valence-corrected chi connectivity index (χ3v) is 25.3. The Hall–Kier alpha value is -0.920.